The van der Waals surface area contributed by atoms with E-state index < -0.39 is 24.7 Å². The number of rotatable bonds is 8. The van der Waals surface area contributed by atoms with E-state index in [2.05, 4.69) is 5.32 Å². The summed E-state index contributed by atoms with van der Waals surface area (Å²) in [6.45, 7) is -0.627. The van der Waals surface area contributed by atoms with Crippen molar-refractivity contribution in [1.82, 2.24) is 4.90 Å². The Morgan fingerprint density at radius 2 is 2.00 bits per heavy atom. The lowest BCUT2D eigenvalue weighted by molar-refractivity contribution is -0.116. The number of aliphatic hydroxyl groups excluding tert-OH is 1. The molecule has 0 saturated heterocycles. The van der Waals surface area contributed by atoms with E-state index in [0.717, 1.165) is 0 Å². The fraction of sp³-hybridized carbons (Fsp3) is 0.462. The Hall–Kier alpha value is -1.60. The Morgan fingerprint density at radius 1 is 1.30 bits per heavy atom. The zero-order chi connectivity index (χ0) is 15.0. The fourth-order valence-corrected chi connectivity index (χ4v) is 1.67. The van der Waals surface area contributed by atoms with Crippen LogP contribution in [0.4, 0.5) is 18.9 Å². The molecule has 1 rings (SSSR count). The maximum absolute atomic E-state index is 13.3. The number of nitrogens with zero attached hydrogens (tertiary/aromatic N) is 1. The normalized spacial score (nSPS) is 11.1. The first-order valence-corrected chi connectivity index (χ1v) is 6.18. The quantitative estimate of drug-likeness (QED) is 0.766. The molecule has 7 heteroatoms. The van der Waals surface area contributed by atoms with Gasteiger partial charge in [-0.25, -0.2) is 13.2 Å². The first kappa shape index (κ1) is 16.5. The zero-order valence-electron chi connectivity index (χ0n) is 10.9. The van der Waals surface area contributed by atoms with Gasteiger partial charge in [0.25, 0.3) is 6.43 Å². The van der Waals surface area contributed by atoms with Gasteiger partial charge in [-0.05, 0) is 12.1 Å². The standard InChI is InChI=1S/C13H17F3N2O2/c14-10-3-1-2-4-11(10)17-13(20)5-6-18(7-8-19)9-12(15)16/h1-4,12,19H,5-9H2,(H,17,20). The molecule has 0 spiro atoms. The van der Waals surface area contributed by atoms with Crippen molar-refractivity contribution < 1.29 is 23.1 Å². The molecule has 0 fully saturated rings. The van der Waals surface area contributed by atoms with Gasteiger partial charge in [-0.1, -0.05) is 12.1 Å². The highest BCUT2D eigenvalue weighted by Crippen LogP contribution is 2.12. The van der Waals surface area contributed by atoms with Crippen LogP contribution in [0, 0.1) is 5.82 Å². The summed E-state index contributed by atoms with van der Waals surface area (Å²) in [7, 11) is 0. The molecule has 0 saturated carbocycles. The molecule has 0 bridgehead atoms. The molecular formula is C13H17F3N2O2. The number of amides is 1. The molecule has 0 radical (unpaired) electrons. The van der Waals surface area contributed by atoms with Gasteiger partial charge in [0.15, 0.2) is 0 Å². The number of hydrogen-bond acceptors (Lipinski definition) is 3. The Bertz CT molecular complexity index is 430. The van der Waals surface area contributed by atoms with Crippen LogP contribution in [0.5, 0.6) is 0 Å². The number of aliphatic hydroxyl groups is 1. The molecular weight excluding hydrogens is 273 g/mol. The summed E-state index contributed by atoms with van der Waals surface area (Å²) in [5.41, 5.74) is 0.0556. The lowest BCUT2D eigenvalue weighted by Gasteiger charge is -2.20. The molecule has 1 aromatic carbocycles. The number of carbonyl (C=O) groups excluding carboxylic acids is 1. The third-order valence-corrected chi connectivity index (χ3v) is 2.62. The summed E-state index contributed by atoms with van der Waals surface area (Å²) < 4.78 is 37.8. The number of halogens is 3. The first-order chi connectivity index (χ1) is 9.52. The van der Waals surface area contributed by atoms with Crippen LogP contribution in [0.25, 0.3) is 0 Å². The van der Waals surface area contributed by atoms with Crippen molar-refractivity contribution in [3.8, 4) is 0 Å². The number of anilines is 1. The van der Waals surface area contributed by atoms with Gasteiger partial charge < -0.3 is 10.4 Å². The van der Waals surface area contributed by atoms with Crippen LogP contribution in [0.2, 0.25) is 0 Å². The third-order valence-electron chi connectivity index (χ3n) is 2.62. The Kier molecular flexibility index (Phi) is 7.03. The molecule has 1 amide bonds. The van der Waals surface area contributed by atoms with E-state index in [4.69, 9.17) is 5.11 Å². The summed E-state index contributed by atoms with van der Waals surface area (Å²) in [6, 6.07) is 5.70. The third kappa shape index (κ3) is 6.03. The van der Waals surface area contributed by atoms with E-state index in [-0.39, 0.29) is 31.8 Å². The fourth-order valence-electron chi connectivity index (χ4n) is 1.67. The van der Waals surface area contributed by atoms with Crippen molar-refractivity contribution >= 4 is 11.6 Å². The predicted molar refractivity (Wildman–Crippen MR) is 69.2 cm³/mol. The van der Waals surface area contributed by atoms with Crippen LogP contribution in [-0.2, 0) is 4.79 Å². The summed E-state index contributed by atoms with van der Waals surface area (Å²) in [5.74, 6) is -1.02. The van der Waals surface area contributed by atoms with Crippen LogP contribution in [0.1, 0.15) is 6.42 Å². The SMILES string of the molecule is O=C(CCN(CCO)CC(F)F)Nc1ccccc1F. The van der Waals surface area contributed by atoms with Crippen LogP contribution >= 0.6 is 0 Å². The second-order valence-electron chi connectivity index (χ2n) is 4.19. The minimum absolute atomic E-state index is 0.0545. The monoisotopic (exact) mass is 290 g/mol. The van der Waals surface area contributed by atoms with Crippen LogP contribution in [-0.4, -0.2) is 48.6 Å². The second kappa shape index (κ2) is 8.55. The number of hydrogen-bond donors (Lipinski definition) is 2. The maximum Gasteiger partial charge on any atom is 0.251 e. The smallest absolute Gasteiger partial charge is 0.251 e. The van der Waals surface area contributed by atoms with Gasteiger partial charge in [-0.3, -0.25) is 9.69 Å². The maximum atomic E-state index is 13.3. The van der Waals surface area contributed by atoms with Gasteiger partial charge in [0.1, 0.15) is 5.82 Å². The Balaban J connectivity index is 2.43. The van der Waals surface area contributed by atoms with Crippen LogP contribution in [0.15, 0.2) is 24.3 Å². The molecule has 0 aromatic heterocycles. The van der Waals surface area contributed by atoms with Crippen molar-refractivity contribution in [2.75, 3.05) is 31.6 Å². The van der Waals surface area contributed by atoms with Gasteiger partial charge >= 0.3 is 0 Å². The minimum atomic E-state index is -2.53. The molecule has 0 atom stereocenters. The molecule has 0 aliphatic carbocycles. The molecule has 20 heavy (non-hydrogen) atoms. The first-order valence-electron chi connectivity index (χ1n) is 6.18. The minimum Gasteiger partial charge on any atom is -0.395 e. The van der Waals surface area contributed by atoms with Crippen molar-refractivity contribution in [2.45, 2.75) is 12.8 Å². The average molecular weight is 290 g/mol. The van der Waals surface area contributed by atoms with Gasteiger partial charge in [0, 0.05) is 19.5 Å². The number of carbonyl (C=O) groups is 1. The number of nitrogens with one attached hydrogen (secondary N) is 1. The molecule has 0 aliphatic heterocycles. The summed E-state index contributed by atoms with van der Waals surface area (Å²) in [5, 5.41) is 11.1. The highest BCUT2D eigenvalue weighted by molar-refractivity contribution is 5.90. The van der Waals surface area contributed by atoms with Crippen molar-refractivity contribution in [2.24, 2.45) is 0 Å². The Morgan fingerprint density at radius 3 is 2.60 bits per heavy atom. The number of alkyl halides is 2. The molecule has 2 N–H and O–H groups in total. The highest BCUT2D eigenvalue weighted by Gasteiger charge is 2.13. The highest BCUT2D eigenvalue weighted by atomic mass is 19.3. The molecule has 112 valence electrons. The molecule has 0 unspecified atom stereocenters. The molecule has 1 aromatic rings. The van der Waals surface area contributed by atoms with E-state index in [9.17, 15) is 18.0 Å². The van der Waals surface area contributed by atoms with E-state index >= 15 is 0 Å². The number of benzene rings is 1. The lowest BCUT2D eigenvalue weighted by Crippen LogP contribution is -2.34. The van der Waals surface area contributed by atoms with Gasteiger partial charge in [-0.2, -0.15) is 0 Å². The molecule has 4 nitrogen and oxygen atoms in total. The zero-order valence-corrected chi connectivity index (χ0v) is 10.9. The number of para-hydroxylation sites is 1. The van der Waals surface area contributed by atoms with Crippen molar-refractivity contribution in [3.63, 3.8) is 0 Å². The Labute approximate surface area is 115 Å². The largest absolute Gasteiger partial charge is 0.395 e. The second-order valence-corrected chi connectivity index (χ2v) is 4.19. The van der Waals surface area contributed by atoms with Crippen molar-refractivity contribution in [3.05, 3.63) is 30.1 Å². The summed E-state index contributed by atoms with van der Waals surface area (Å²) in [6.07, 6.45) is -2.59. The van der Waals surface area contributed by atoms with Gasteiger partial charge in [0.05, 0.1) is 18.8 Å². The summed E-state index contributed by atoms with van der Waals surface area (Å²) >= 11 is 0. The van der Waals surface area contributed by atoms with E-state index in [1.807, 2.05) is 0 Å². The van der Waals surface area contributed by atoms with Gasteiger partial charge in [-0.15, -0.1) is 0 Å². The van der Waals surface area contributed by atoms with Crippen LogP contribution in [0.3, 0.4) is 0 Å². The van der Waals surface area contributed by atoms with Crippen molar-refractivity contribution in [1.29, 1.82) is 0 Å². The average Bonchev–Trinajstić information content (AvgIpc) is 2.38. The predicted octanol–water partition coefficient (Wildman–Crippen LogP) is 1.71. The summed E-state index contributed by atoms with van der Waals surface area (Å²) in [4.78, 5) is 12.9. The lowest BCUT2D eigenvalue weighted by atomic mass is 10.3. The van der Waals surface area contributed by atoms with E-state index in [1.165, 1.54) is 23.1 Å². The molecule has 0 heterocycles. The topological polar surface area (TPSA) is 52.6 Å². The van der Waals surface area contributed by atoms with Crippen LogP contribution < -0.4 is 5.32 Å². The van der Waals surface area contributed by atoms with Gasteiger partial charge in [0.2, 0.25) is 5.91 Å². The molecule has 0 aliphatic rings. The van der Waals surface area contributed by atoms with E-state index in [1.54, 1.807) is 6.07 Å². The van der Waals surface area contributed by atoms with E-state index in [0.29, 0.717) is 0 Å².